The number of hydrogen-bond acceptors (Lipinski definition) is 4. The number of allylic oxidation sites excluding steroid dienone is 2. The van der Waals surface area contributed by atoms with Crippen molar-refractivity contribution in [2.24, 2.45) is 0 Å². The number of aryl methyl sites for hydroxylation is 1. The van der Waals surface area contributed by atoms with Crippen LogP contribution in [0.2, 0.25) is 0 Å². The third-order valence-electron chi connectivity index (χ3n) is 3.52. The normalized spacial score (nSPS) is 13.2. The van der Waals surface area contributed by atoms with Crippen molar-refractivity contribution in [3.63, 3.8) is 0 Å². The van der Waals surface area contributed by atoms with Crippen LogP contribution in [0.5, 0.6) is 5.75 Å². The minimum Gasteiger partial charge on any atom is -0.497 e. The number of rotatable bonds is 2. The molecule has 1 heterocycles. The van der Waals surface area contributed by atoms with Crippen molar-refractivity contribution < 1.29 is 14.3 Å². The molecule has 1 aromatic carbocycles. The van der Waals surface area contributed by atoms with E-state index < -0.39 is 0 Å². The summed E-state index contributed by atoms with van der Waals surface area (Å²) in [6.07, 6.45) is 4.27. The van der Waals surface area contributed by atoms with Crippen molar-refractivity contribution in [1.82, 2.24) is 4.98 Å². The molecule has 0 fully saturated rings. The Morgan fingerprint density at radius 3 is 2.29 bits per heavy atom. The summed E-state index contributed by atoms with van der Waals surface area (Å²) in [4.78, 5) is 28.1. The molecule has 1 aliphatic rings. The summed E-state index contributed by atoms with van der Waals surface area (Å²) in [5, 5.41) is 0. The standard InChI is InChI=1S/C17H13NO3/c1-10-7-13-14(17(20)4-3-16(13)19)9-12(10)15-8-11(21-2)5-6-18-15/h3-9H,1-2H3. The first-order chi connectivity index (χ1) is 10.1. The largest absolute Gasteiger partial charge is 0.497 e. The summed E-state index contributed by atoms with van der Waals surface area (Å²) in [5.74, 6) is 0.394. The smallest absolute Gasteiger partial charge is 0.186 e. The highest BCUT2D eigenvalue weighted by Gasteiger charge is 2.21. The molecule has 21 heavy (non-hydrogen) atoms. The average molecular weight is 279 g/mol. The predicted molar refractivity (Wildman–Crippen MR) is 78.8 cm³/mol. The van der Waals surface area contributed by atoms with Crippen LogP contribution in [-0.4, -0.2) is 23.7 Å². The van der Waals surface area contributed by atoms with Crippen molar-refractivity contribution in [2.75, 3.05) is 7.11 Å². The van der Waals surface area contributed by atoms with E-state index in [4.69, 9.17) is 4.74 Å². The Kier molecular flexibility index (Phi) is 3.14. The highest BCUT2D eigenvalue weighted by atomic mass is 16.5. The molecular formula is C17H13NO3. The zero-order chi connectivity index (χ0) is 15.0. The topological polar surface area (TPSA) is 56.3 Å². The molecule has 0 spiro atoms. The van der Waals surface area contributed by atoms with Crippen LogP contribution in [0.3, 0.4) is 0 Å². The van der Waals surface area contributed by atoms with E-state index in [1.165, 1.54) is 12.2 Å². The van der Waals surface area contributed by atoms with Crippen molar-refractivity contribution in [2.45, 2.75) is 6.92 Å². The van der Waals surface area contributed by atoms with Gasteiger partial charge in [0.1, 0.15) is 5.75 Å². The Bertz CT molecular complexity index is 791. The van der Waals surface area contributed by atoms with E-state index in [1.807, 2.05) is 6.92 Å². The highest BCUT2D eigenvalue weighted by Crippen LogP contribution is 2.29. The molecule has 0 atom stereocenters. The summed E-state index contributed by atoms with van der Waals surface area (Å²) in [5.41, 5.74) is 3.30. The molecule has 0 saturated carbocycles. The van der Waals surface area contributed by atoms with Gasteiger partial charge in [-0.15, -0.1) is 0 Å². The van der Waals surface area contributed by atoms with Gasteiger partial charge in [-0.05, 0) is 42.8 Å². The van der Waals surface area contributed by atoms with E-state index >= 15 is 0 Å². The molecule has 0 unspecified atom stereocenters. The summed E-state index contributed by atoms with van der Waals surface area (Å²) in [6, 6.07) is 7.04. The van der Waals surface area contributed by atoms with Crippen LogP contribution >= 0.6 is 0 Å². The van der Waals surface area contributed by atoms with E-state index in [0.29, 0.717) is 22.6 Å². The molecule has 4 heteroatoms. The quantitative estimate of drug-likeness (QED) is 0.848. The fraction of sp³-hybridized carbons (Fsp3) is 0.118. The van der Waals surface area contributed by atoms with Crippen LogP contribution in [-0.2, 0) is 0 Å². The molecular weight excluding hydrogens is 266 g/mol. The van der Waals surface area contributed by atoms with E-state index in [0.717, 1.165) is 11.1 Å². The first kappa shape index (κ1) is 13.2. The summed E-state index contributed by atoms with van der Waals surface area (Å²) in [7, 11) is 1.59. The zero-order valence-corrected chi connectivity index (χ0v) is 11.7. The lowest BCUT2D eigenvalue weighted by atomic mass is 9.89. The summed E-state index contributed by atoms with van der Waals surface area (Å²) in [6.45, 7) is 1.90. The van der Waals surface area contributed by atoms with E-state index in [1.54, 1.807) is 37.6 Å². The number of carbonyl (C=O) groups is 2. The van der Waals surface area contributed by atoms with Gasteiger partial charge in [-0.3, -0.25) is 14.6 Å². The number of hydrogen-bond donors (Lipinski definition) is 0. The van der Waals surface area contributed by atoms with Crippen LogP contribution in [0.1, 0.15) is 26.3 Å². The summed E-state index contributed by atoms with van der Waals surface area (Å²) < 4.78 is 5.19. The van der Waals surface area contributed by atoms with Crippen molar-refractivity contribution in [3.05, 3.63) is 59.3 Å². The molecule has 0 N–H and O–H groups in total. The van der Waals surface area contributed by atoms with Crippen molar-refractivity contribution in [1.29, 1.82) is 0 Å². The van der Waals surface area contributed by atoms with Gasteiger partial charge < -0.3 is 4.74 Å². The molecule has 0 saturated heterocycles. The number of benzene rings is 1. The highest BCUT2D eigenvalue weighted by molar-refractivity contribution is 6.22. The maximum absolute atomic E-state index is 12.0. The third-order valence-corrected chi connectivity index (χ3v) is 3.52. The van der Waals surface area contributed by atoms with Gasteiger partial charge in [0.2, 0.25) is 0 Å². The fourth-order valence-electron chi connectivity index (χ4n) is 2.41. The molecule has 0 amide bonds. The van der Waals surface area contributed by atoms with Gasteiger partial charge in [0.25, 0.3) is 0 Å². The Hall–Kier alpha value is -2.75. The first-order valence-corrected chi connectivity index (χ1v) is 6.52. The SMILES string of the molecule is COc1ccnc(-c2cc3c(cc2C)C(=O)C=CC3=O)c1. The third kappa shape index (κ3) is 2.25. The Balaban J connectivity index is 2.19. The number of aromatic nitrogens is 1. The number of pyridine rings is 1. The molecule has 0 radical (unpaired) electrons. The number of fused-ring (bicyclic) bond motifs is 1. The monoisotopic (exact) mass is 279 g/mol. The molecule has 2 aromatic rings. The van der Waals surface area contributed by atoms with Crippen LogP contribution < -0.4 is 4.74 Å². The molecule has 3 rings (SSSR count). The van der Waals surface area contributed by atoms with Gasteiger partial charge >= 0.3 is 0 Å². The second-order valence-electron chi connectivity index (χ2n) is 4.86. The lowest BCUT2D eigenvalue weighted by Crippen LogP contribution is -2.12. The van der Waals surface area contributed by atoms with Gasteiger partial charge in [0.15, 0.2) is 11.6 Å². The lowest BCUT2D eigenvalue weighted by molar-refractivity contribution is 0.0994. The van der Waals surface area contributed by atoms with Crippen molar-refractivity contribution >= 4 is 11.6 Å². The van der Waals surface area contributed by atoms with Crippen molar-refractivity contribution in [3.8, 4) is 17.0 Å². The second-order valence-corrected chi connectivity index (χ2v) is 4.86. The van der Waals surface area contributed by atoms with Crippen LogP contribution in [0.4, 0.5) is 0 Å². The molecule has 104 valence electrons. The lowest BCUT2D eigenvalue weighted by Gasteiger charge is -2.14. The van der Waals surface area contributed by atoms with Gasteiger partial charge in [0, 0.05) is 29.0 Å². The maximum Gasteiger partial charge on any atom is 0.186 e. The van der Waals surface area contributed by atoms with Gasteiger partial charge in [-0.1, -0.05) is 0 Å². The maximum atomic E-state index is 12.0. The molecule has 4 nitrogen and oxygen atoms in total. The van der Waals surface area contributed by atoms with Crippen LogP contribution in [0.15, 0.2) is 42.6 Å². The molecule has 0 aliphatic heterocycles. The Morgan fingerprint density at radius 1 is 0.952 bits per heavy atom. The Labute approximate surface area is 122 Å². The minimum absolute atomic E-state index is 0.141. The van der Waals surface area contributed by atoms with Gasteiger partial charge in [0.05, 0.1) is 12.8 Å². The van der Waals surface area contributed by atoms with Gasteiger partial charge in [-0.2, -0.15) is 0 Å². The summed E-state index contributed by atoms with van der Waals surface area (Å²) >= 11 is 0. The predicted octanol–water partition coefficient (Wildman–Crippen LogP) is 3.00. The number of ketones is 2. The van der Waals surface area contributed by atoms with Gasteiger partial charge in [-0.25, -0.2) is 0 Å². The number of ether oxygens (including phenoxy) is 1. The zero-order valence-electron chi connectivity index (χ0n) is 11.7. The van der Waals surface area contributed by atoms with Crippen LogP contribution in [0, 0.1) is 6.92 Å². The van der Waals surface area contributed by atoms with E-state index in [9.17, 15) is 9.59 Å². The number of methoxy groups -OCH3 is 1. The average Bonchev–Trinajstić information content (AvgIpc) is 2.51. The second kappa shape index (κ2) is 4.98. The van der Waals surface area contributed by atoms with E-state index in [-0.39, 0.29) is 11.6 Å². The van der Waals surface area contributed by atoms with Crippen LogP contribution in [0.25, 0.3) is 11.3 Å². The number of carbonyl (C=O) groups excluding carboxylic acids is 2. The van der Waals surface area contributed by atoms with E-state index in [2.05, 4.69) is 4.98 Å². The number of nitrogens with zero attached hydrogens (tertiary/aromatic N) is 1. The Morgan fingerprint density at radius 2 is 1.62 bits per heavy atom. The molecule has 1 aliphatic carbocycles. The first-order valence-electron chi connectivity index (χ1n) is 6.52. The fourth-order valence-corrected chi connectivity index (χ4v) is 2.41. The molecule has 0 bridgehead atoms. The minimum atomic E-state index is -0.159. The molecule has 1 aromatic heterocycles.